The molecular formula is C22H30O4. The molecule has 4 heteroatoms. The molecule has 0 amide bonds. The first-order valence-corrected chi connectivity index (χ1v) is 10.8. The second-order valence-corrected chi connectivity index (χ2v) is 9.81. The molecule has 2 saturated heterocycles. The van der Waals surface area contributed by atoms with Gasteiger partial charge in [-0.2, -0.15) is 0 Å². The average Bonchev–Trinajstić information content (AvgIpc) is 3.47. The molecule has 6 rings (SSSR count). The van der Waals surface area contributed by atoms with E-state index in [4.69, 9.17) is 14.2 Å². The Morgan fingerprint density at radius 2 is 2.00 bits per heavy atom. The number of hydrogen-bond acceptors (Lipinski definition) is 4. The standard InChI is InChI=1S/C22H30O4/c1-2-22(10-12-3-6-15(22)7-12)25-11-24-21(23)16-9-17-18-13-4-5-14(8-13)19(18)20(16)26-17/h4-5,12-20H,2-3,6-11H2,1H3. The first-order chi connectivity index (χ1) is 12.7. The van der Waals surface area contributed by atoms with Crippen LogP contribution in [0.15, 0.2) is 12.2 Å². The smallest absolute Gasteiger partial charge is 0.313 e. The summed E-state index contributed by atoms with van der Waals surface area (Å²) in [6.07, 6.45) is 13.4. The van der Waals surface area contributed by atoms with Crippen LogP contribution in [-0.4, -0.2) is 30.6 Å². The highest BCUT2D eigenvalue weighted by Gasteiger charge is 2.64. The molecule has 142 valence electrons. The number of esters is 1. The average molecular weight is 358 g/mol. The Bertz CT molecular complexity index is 644. The molecule has 2 heterocycles. The predicted octanol–water partition coefficient (Wildman–Crippen LogP) is 3.70. The van der Waals surface area contributed by atoms with Crippen molar-refractivity contribution < 1.29 is 19.0 Å². The summed E-state index contributed by atoms with van der Waals surface area (Å²) in [6, 6.07) is 0. The van der Waals surface area contributed by atoms with E-state index in [2.05, 4.69) is 19.1 Å². The lowest BCUT2D eigenvalue weighted by Gasteiger charge is -2.37. The lowest BCUT2D eigenvalue weighted by Crippen LogP contribution is -2.41. The minimum atomic E-state index is -0.0860. The third-order valence-corrected chi connectivity index (χ3v) is 8.97. The number of rotatable bonds is 5. The van der Waals surface area contributed by atoms with Crippen molar-refractivity contribution in [2.24, 2.45) is 41.4 Å². The molecule has 10 atom stereocenters. The zero-order valence-electron chi connectivity index (χ0n) is 15.6. The number of carbonyl (C=O) groups excluding carboxylic acids is 1. The van der Waals surface area contributed by atoms with E-state index >= 15 is 0 Å². The lowest BCUT2D eigenvalue weighted by atomic mass is 9.69. The van der Waals surface area contributed by atoms with E-state index in [0.717, 1.165) is 25.2 Å². The third kappa shape index (κ3) is 2.06. The van der Waals surface area contributed by atoms with E-state index in [1.807, 2.05) is 0 Å². The molecule has 10 unspecified atom stereocenters. The molecule has 26 heavy (non-hydrogen) atoms. The van der Waals surface area contributed by atoms with Crippen molar-refractivity contribution in [3.63, 3.8) is 0 Å². The van der Waals surface area contributed by atoms with Crippen LogP contribution >= 0.6 is 0 Å². The predicted molar refractivity (Wildman–Crippen MR) is 95.0 cm³/mol. The van der Waals surface area contributed by atoms with Crippen molar-refractivity contribution in [3.8, 4) is 0 Å². The fraction of sp³-hybridized carbons (Fsp3) is 0.864. The molecule has 0 spiro atoms. The summed E-state index contributed by atoms with van der Waals surface area (Å²) in [7, 11) is 0. The van der Waals surface area contributed by atoms with E-state index in [9.17, 15) is 4.79 Å². The molecule has 2 aliphatic heterocycles. The second-order valence-electron chi connectivity index (χ2n) is 9.81. The SMILES string of the molecule is CCC1(OCOC(=O)C2CC3OC2C2C4C=CC(C4)C32)CC2CCC1C2. The van der Waals surface area contributed by atoms with Crippen LogP contribution in [-0.2, 0) is 19.0 Å². The maximum absolute atomic E-state index is 12.8. The number of allylic oxidation sites excluding steroid dienone is 2. The molecule has 3 saturated carbocycles. The second kappa shape index (κ2) is 5.57. The Morgan fingerprint density at radius 1 is 1.15 bits per heavy atom. The molecule has 0 aromatic rings. The molecule has 0 N–H and O–H groups in total. The summed E-state index contributed by atoms with van der Waals surface area (Å²) in [6.45, 7) is 2.35. The summed E-state index contributed by atoms with van der Waals surface area (Å²) < 4.78 is 18.1. The van der Waals surface area contributed by atoms with Gasteiger partial charge in [0.05, 0.1) is 23.7 Å². The van der Waals surface area contributed by atoms with Crippen molar-refractivity contribution in [2.75, 3.05) is 6.79 Å². The molecule has 0 aromatic heterocycles. The van der Waals surface area contributed by atoms with E-state index in [0.29, 0.717) is 29.6 Å². The lowest BCUT2D eigenvalue weighted by molar-refractivity contribution is -0.188. The molecule has 0 radical (unpaired) electrons. The normalized spacial score (nSPS) is 55.0. The van der Waals surface area contributed by atoms with Crippen LogP contribution in [0.4, 0.5) is 0 Å². The van der Waals surface area contributed by atoms with Crippen molar-refractivity contribution in [3.05, 3.63) is 12.2 Å². The van der Waals surface area contributed by atoms with E-state index in [-0.39, 0.29) is 36.5 Å². The molecular weight excluding hydrogens is 328 g/mol. The van der Waals surface area contributed by atoms with E-state index in [1.165, 1.54) is 25.7 Å². The largest absolute Gasteiger partial charge is 0.438 e. The maximum Gasteiger partial charge on any atom is 0.313 e. The van der Waals surface area contributed by atoms with Gasteiger partial charge in [0.2, 0.25) is 0 Å². The first-order valence-electron chi connectivity index (χ1n) is 10.8. The summed E-state index contributed by atoms with van der Waals surface area (Å²) >= 11 is 0. The van der Waals surface area contributed by atoms with Gasteiger partial charge in [-0.1, -0.05) is 19.1 Å². The molecule has 6 aliphatic rings. The van der Waals surface area contributed by atoms with Crippen LogP contribution in [0.3, 0.4) is 0 Å². The zero-order valence-corrected chi connectivity index (χ0v) is 15.6. The van der Waals surface area contributed by atoms with Crippen molar-refractivity contribution in [1.82, 2.24) is 0 Å². The van der Waals surface area contributed by atoms with Crippen molar-refractivity contribution in [1.29, 1.82) is 0 Å². The number of hydrogen-bond donors (Lipinski definition) is 0. The Kier molecular flexibility index (Phi) is 3.45. The van der Waals surface area contributed by atoms with Gasteiger partial charge in [-0.25, -0.2) is 0 Å². The summed E-state index contributed by atoms with van der Waals surface area (Å²) in [4.78, 5) is 12.8. The van der Waals surface area contributed by atoms with Gasteiger partial charge in [-0.3, -0.25) is 4.79 Å². The summed E-state index contributed by atoms with van der Waals surface area (Å²) in [5.74, 6) is 3.88. The molecule has 4 aliphatic carbocycles. The van der Waals surface area contributed by atoms with Gasteiger partial charge in [0.15, 0.2) is 6.79 Å². The van der Waals surface area contributed by atoms with Crippen LogP contribution in [0, 0.1) is 41.4 Å². The highest BCUT2D eigenvalue weighted by atomic mass is 16.7. The van der Waals surface area contributed by atoms with Gasteiger partial charge in [0.25, 0.3) is 0 Å². The van der Waals surface area contributed by atoms with Gasteiger partial charge in [0.1, 0.15) is 0 Å². The Morgan fingerprint density at radius 3 is 2.73 bits per heavy atom. The number of ether oxygens (including phenoxy) is 3. The van der Waals surface area contributed by atoms with E-state index in [1.54, 1.807) is 0 Å². The molecule has 0 aromatic carbocycles. The van der Waals surface area contributed by atoms with E-state index < -0.39 is 0 Å². The van der Waals surface area contributed by atoms with Crippen LogP contribution in [0.25, 0.3) is 0 Å². The minimum Gasteiger partial charge on any atom is -0.438 e. The van der Waals surface area contributed by atoms with Crippen LogP contribution in [0.1, 0.15) is 51.9 Å². The Balaban J connectivity index is 1.08. The minimum absolute atomic E-state index is 0.0329. The van der Waals surface area contributed by atoms with Crippen molar-refractivity contribution in [2.45, 2.75) is 69.7 Å². The quantitative estimate of drug-likeness (QED) is 0.427. The maximum atomic E-state index is 12.8. The zero-order chi connectivity index (χ0) is 17.5. The fourth-order valence-electron chi connectivity index (χ4n) is 7.88. The monoisotopic (exact) mass is 358 g/mol. The van der Waals surface area contributed by atoms with Gasteiger partial charge in [0, 0.05) is 0 Å². The van der Waals surface area contributed by atoms with Crippen LogP contribution in [0.5, 0.6) is 0 Å². The number of fused-ring (bicyclic) bond motifs is 11. The van der Waals surface area contributed by atoms with Gasteiger partial charge >= 0.3 is 5.97 Å². The molecule has 5 fully saturated rings. The van der Waals surface area contributed by atoms with Gasteiger partial charge in [-0.15, -0.1) is 0 Å². The molecule has 4 nitrogen and oxygen atoms in total. The third-order valence-electron chi connectivity index (χ3n) is 8.97. The Labute approximate surface area is 155 Å². The first kappa shape index (κ1) is 16.1. The summed E-state index contributed by atoms with van der Waals surface area (Å²) in [5.41, 5.74) is -0.0329. The van der Waals surface area contributed by atoms with Gasteiger partial charge in [-0.05, 0) is 80.5 Å². The van der Waals surface area contributed by atoms with Crippen molar-refractivity contribution >= 4 is 5.97 Å². The number of carbonyl (C=O) groups is 1. The van der Waals surface area contributed by atoms with Crippen LogP contribution in [0.2, 0.25) is 0 Å². The van der Waals surface area contributed by atoms with Crippen LogP contribution < -0.4 is 0 Å². The summed E-state index contributed by atoms with van der Waals surface area (Å²) in [5, 5.41) is 0. The topological polar surface area (TPSA) is 44.8 Å². The fourth-order valence-corrected chi connectivity index (χ4v) is 7.88. The highest BCUT2D eigenvalue weighted by Crippen LogP contribution is 2.61. The Hall–Kier alpha value is -0.870. The molecule has 6 bridgehead atoms. The van der Waals surface area contributed by atoms with Gasteiger partial charge < -0.3 is 14.2 Å². The highest BCUT2D eigenvalue weighted by molar-refractivity contribution is 5.74.